The topological polar surface area (TPSA) is 43.4 Å². The molecule has 1 aliphatic heterocycles. The summed E-state index contributed by atoms with van der Waals surface area (Å²) >= 11 is 3.12. The van der Waals surface area contributed by atoms with E-state index in [4.69, 9.17) is 4.74 Å². The molecule has 0 aromatic carbocycles. The second-order valence-electron chi connectivity index (χ2n) is 5.22. The van der Waals surface area contributed by atoms with E-state index in [9.17, 15) is 9.59 Å². The van der Waals surface area contributed by atoms with Gasteiger partial charge in [-0.15, -0.1) is 0 Å². The predicted octanol–water partition coefficient (Wildman–Crippen LogP) is 2.73. The molecule has 0 aromatic rings. The zero-order chi connectivity index (χ0) is 13.1. The Bertz CT molecular complexity index is 297. The molecule has 1 rings (SSSR count). The standard InChI is InChI=1S/C12H20O3S2/c1-8(13)16-7-10-5-9(6-17-10)11(14)15-12(2,3)4/h9-10H,5-7H2,1-4H3. The van der Waals surface area contributed by atoms with Gasteiger partial charge in [-0.3, -0.25) is 9.59 Å². The van der Waals surface area contributed by atoms with Gasteiger partial charge in [0.05, 0.1) is 5.92 Å². The Kier molecular flexibility index (Phi) is 5.38. The molecular formula is C12H20O3S2. The average molecular weight is 276 g/mol. The summed E-state index contributed by atoms with van der Waals surface area (Å²) in [6.07, 6.45) is 0.833. The first-order valence-electron chi connectivity index (χ1n) is 5.76. The first-order chi connectivity index (χ1) is 7.78. The zero-order valence-electron chi connectivity index (χ0n) is 10.8. The van der Waals surface area contributed by atoms with E-state index >= 15 is 0 Å². The fourth-order valence-electron chi connectivity index (χ4n) is 1.58. The summed E-state index contributed by atoms with van der Waals surface area (Å²) in [5.74, 6) is 1.52. The highest BCUT2D eigenvalue weighted by Crippen LogP contribution is 2.34. The van der Waals surface area contributed by atoms with Crippen molar-refractivity contribution in [2.75, 3.05) is 11.5 Å². The molecule has 17 heavy (non-hydrogen) atoms. The van der Waals surface area contributed by atoms with E-state index in [1.165, 1.54) is 11.8 Å². The lowest BCUT2D eigenvalue weighted by Crippen LogP contribution is -2.29. The minimum Gasteiger partial charge on any atom is -0.460 e. The van der Waals surface area contributed by atoms with Gasteiger partial charge in [0.1, 0.15) is 5.60 Å². The molecule has 0 spiro atoms. The molecule has 0 amide bonds. The van der Waals surface area contributed by atoms with Crippen molar-refractivity contribution in [3.63, 3.8) is 0 Å². The second kappa shape index (κ2) is 6.14. The maximum atomic E-state index is 11.8. The maximum Gasteiger partial charge on any atom is 0.310 e. The van der Waals surface area contributed by atoms with Crippen LogP contribution >= 0.6 is 23.5 Å². The van der Waals surface area contributed by atoms with Crippen molar-refractivity contribution in [2.45, 2.75) is 45.0 Å². The fraction of sp³-hybridized carbons (Fsp3) is 0.833. The molecule has 0 aromatic heterocycles. The van der Waals surface area contributed by atoms with Crippen molar-refractivity contribution < 1.29 is 14.3 Å². The predicted molar refractivity (Wildman–Crippen MR) is 73.3 cm³/mol. The number of carbonyl (C=O) groups excluding carboxylic acids is 2. The van der Waals surface area contributed by atoms with Crippen LogP contribution in [0.15, 0.2) is 0 Å². The molecule has 0 bridgehead atoms. The summed E-state index contributed by atoms with van der Waals surface area (Å²) in [5, 5.41) is 0.549. The average Bonchev–Trinajstić information content (AvgIpc) is 2.60. The van der Waals surface area contributed by atoms with Gasteiger partial charge in [-0.25, -0.2) is 0 Å². The number of thioether (sulfide) groups is 2. The third kappa shape index (κ3) is 5.82. The van der Waals surface area contributed by atoms with Crippen LogP contribution in [0.4, 0.5) is 0 Å². The molecule has 1 heterocycles. The quantitative estimate of drug-likeness (QED) is 0.742. The van der Waals surface area contributed by atoms with E-state index in [2.05, 4.69) is 0 Å². The van der Waals surface area contributed by atoms with E-state index in [1.54, 1.807) is 18.7 Å². The van der Waals surface area contributed by atoms with Gasteiger partial charge in [-0.05, 0) is 27.2 Å². The van der Waals surface area contributed by atoms with Gasteiger partial charge in [-0.2, -0.15) is 11.8 Å². The Balaban J connectivity index is 2.34. The van der Waals surface area contributed by atoms with Crippen molar-refractivity contribution in [3.05, 3.63) is 0 Å². The highest BCUT2D eigenvalue weighted by molar-refractivity contribution is 8.14. The van der Waals surface area contributed by atoms with Crippen LogP contribution in [0.25, 0.3) is 0 Å². The molecule has 98 valence electrons. The van der Waals surface area contributed by atoms with Crippen LogP contribution in [0, 0.1) is 5.92 Å². The van der Waals surface area contributed by atoms with E-state index in [1.807, 2.05) is 20.8 Å². The Hall–Kier alpha value is -0.160. The van der Waals surface area contributed by atoms with Crippen LogP contribution in [0.1, 0.15) is 34.1 Å². The van der Waals surface area contributed by atoms with Crippen molar-refractivity contribution >= 4 is 34.6 Å². The van der Waals surface area contributed by atoms with Gasteiger partial charge in [0.25, 0.3) is 0 Å². The highest BCUT2D eigenvalue weighted by Gasteiger charge is 2.33. The molecule has 0 N–H and O–H groups in total. The Morgan fingerprint density at radius 1 is 1.41 bits per heavy atom. The lowest BCUT2D eigenvalue weighted by atomic mass is 10.1. The van der Waals surface area contributed by atoms with E-state index < -0.39 is 5.60 Å². The molecule has 2 atom stereocenters. The van der Waals surface area contributed by atoms with Crippen LogP contribution in [0.5, 0.6) is 0 Å². The van der Waals surface area contributed by atoms with Gasteiger partial charge < -0.3 is 4.74 Å². The van der Waals surface area contributed by atoms with Crippen LogP contribution in [0.3, 0.4) is 0 Å². The molecule has 5 heteroatoms. The van der Waals surface area contributed by atoms with E-state index in [-0.39, 0.29) is 17.0 Å². The summed E-state index contributed by atoms with van der Waals surface area (Å²) in [6, 6.07) is 0. The SMILES string of the molecule is CC(=O)SCC1CC(C(=O)OC(C)(C)C)CS1. The van der Waals surface area contributed by atoms with Gasteiger partial charge >= 0.3 is 5.97 Å². The number of hydrogen-bond acceptors (Lipinski definition) is 5. The lowest BCUT2D eigenvalue weighted by Gasteiger charge is -2.21. The summed E-state index contributed by atoms with van der Waals surface area (Å²) in [7, 11) is 0. The molecule has 0 saturated carbocycles. The summed E-state index contributed by atoms with van der Waals surface area (Å²) in [5.41, 5.74) is -0.409. The van der Waals surface area contributed by atoms with Crippen molar-refractivity contribution in [1.82, 2.24) is 0 Å². The molecule has 1 saturated heterocycles. The molecule has 3 nitrogen and oxygen atoms in total. The largest absolute Gasteiger partial charge is 0.460 e. The van der Waals surface area contributed by atoms with E-state index in [0.29, 0.717) is 5.25 Å². The van der Waals surface area contributed by atoms with Gasteiger partial charge in [0.15, 0.2) is 5.12 Å². The molecule has 0 aliphatic carbocycles. The molecule has 1 fully saturated rings. The normalized spacial score (nSPS) is 24.7. The molecule has 2 unspecified atom stereocenters. The van der Waals surface area contributed by atoms with Crippen LogP contribution in [-0.2, 0) is 14.3 Å². The fourth-order valence-corrected chi connectivity index (χ4v) is 3.87. The van der Waals surface area contributed by atoms with Gasteiger partial charge in [0.2, 0.25) is 0 Å². The van der Waals surface area contributed by atoms with Crippen molar-refractivity contribution in [2.24, 2.45) is 5.92 Å². The third-order valence-electron chi connectivity index (χ3n) is 2.29. The molecule has 1 aliphatic rings. The molecular weight excluding hydrogens is 256 g/mol. The monoisotopic (exact) mass is 276 g/mol. The second-order valence-corrected chi connectivity index (χ2v) is 7.75. The summed E-state index contributed by atoms with van der Waals surface area (Å²) in [6.45, 7) is 7.23. The first kappa shape index (κ1) is 14.9. The summed E-state index contributed by atoms with van der Waals surface area (Å²) in [4.78, 5) is 22.7. The lowest BCUT2D eigenvalue weighted by molar-refractivity contribution is -0.159. The van der Waals surface area contributed by atoms with Gasteiger partial charge in [-0.1, -0.05) is 11.8 Å². The van der Waals surface area contributed by atoms with E-state index in [0.717, 1.165) is 17.9 Å². The number of esters is 1. The number of hydrogen-bond donors (Lipinski definition) is 0. The third-order valence-corrected chi connectivity index (χ3v) is 4.91. The van der Waals surface area contributed by atoms with Crippen LogP contribution in [0.2, 0.25) is 0 Å². The smallest absolute Gasteiger partial charge is 0.310 e. The Morgan fingerprint density at radius 2 is 2.06 bits per heavy atom. The number of rotatable bonds is 3. The maximum absolute atomic E-state index is 11.8. The van der Waals surface area contributed by atoms with Crippen molar-refractivity contribution in [3.8, 4) is 0 Å². The minimum absolute atomic E-state index is 0.00298. The van der Waals surface area contributed by atoms with Gasteiger partial charge in [0, 0.05) is 23.7 Å². The van der Waals surface area contributed by atoms with Crippen LogP contribution < -0.4 is 0 Å². The summed E-state index contributed by atoms with van der Waals surface area (Å²) < 4.78 is 5.37. The Morgan fingerprint density at radius 3 is 2.59 bits per heavy atom. The van der Waals surface area contributed by atoms with Crippen molar-refractivity contribution in [1.29, 1.82) is 0 Å². The Labute approximate surface area is 111 Å². The number of carbonyl (C=O) groups is 2. The molecule has 0 radical (unpaired) electrons. The number of ether oxygens (including phenoxy) is 1. The zero-order valence-corrected chi connectivity index (χ0v) is 12.5. The van der Waals surface area contributed by atoms with Crippen LogP contribution in [-0.4, -0.2) is 33.4 Å². The minimum atomic E-state index is -0.409. The highest BCUT2D eigenvalue weighted by atomic mass is 32.2. The first-order valence-corrected chi connectivity index (χ1v) is 7.79.